The van der Waals surface area contributed by atoms with Gasteiger partial charge in [0.1, 0.15) is 0 Å². The number of aryl methyl sites for hydroxylation is 1. The van der Waals surface area contributed by atoms with Gasteiger partial charge in [-0.1, -0.05) is 0 Å². The first-order valence-corrected chi connectivity index (χ1v) is 7.21. The van der Waals surface area contributed by atoms with Gasteiger partial charge >= 0.3 is 0 Å². The van der Waals surface area contributed by atoms with Gasteiger partial charge in [0.2, 0.25) is 0 Å². The number of nitrogens with one attached hydrogen (secondary N) is 2. The van der Waals surface area contributed by atoms with Crippen molar-refractivity contribution in [3.05, 3.63) is 12.3 Å². The molecule has 18 heavy (non-hydrogen) atoms. The summed E-state index contributed by atoms with van der Waals surface area (Å²) in [5.41, 5.74) is 0. The third-order valence-electron chi connectivity index (χ3n) is 3.00. The maximum atomic E-state index is 12.1. The van der Waals surface area contributed by atoms with Gasteiger partial charge < -0.3 is 5.32 Å². The minimum atomic E-state index is -3.45. The topological polar surface area (TPSA) is 76.0 Å². The minimum Gasteiger partial charge on any atom is -0.314 e. The van der Waals surface area contributed by atoms with Gasteiger partial charge in [-0.25, -0.2) is 13.1 Å². The predicted molar refractivity (Wildman–Crippen MR) is 71.3 cm³/mol. The first-order chi connectivity index (χ1) is 7.99. The maximum absolute atomic E-state index is 12.1. The zero-order valence-electron chi connectivity index (χ0n) is 10.5. The van der Waals surface area contributed by atoms with Crippen LogP contribution >= 0.6 is 12.4 Å². The van der Waals surface area contributed by atoms with Crippen LogP contribution in [0.4, 0.5) is 0 Å². The van der Waals surface area contributed by atoms with Crippen molar-refractivity contribution in [3.63, 3.8) is 0 Å². The highest BCUT2D eigenvalue weighted by atomic mass is 35.5. The molecule has 0 saturated carbocycles. The summed E-state index contributed by atoms with van der Waals surface area (Å²) in [6, 6.07) is 1.86. The molecule has 0 aromatic carbocycles. The van der Waals surface area contributed by atoms with Gasteiger partial charge in [-0.2, -0.15) is 5.10 Å². The van der Waals surface area contributed by atoms with Crippen LogP contribution in [0.2, 0.25) is 0 Å². The Morgan fingerprint density at radius 1 is 1.56 bits per heavy atom. The lowest BCUT2D eigenvalue weighted by atomic mass is 10.0. The van der Waals surface area contributed by atoms with Crippen molar-refractivity contribution in [2.45, 2.75) is 36.9 Å². The molecule has 0 aliphatic carbocycles. The second-order valence-electron chi connectivity index (χ2n) is 4.49. The number of nitrogens with zero attached hydrogens (tertiary/aromatic N) is 2. The Labute approximate surface area is 114 Å². The molecule has 1 aromatic rings. The van der Waals surface area contributed by atoms with Gasteiger partial charge in [0.15, 0.2) is 5.03 Å². The Morgan fingerprint density at radius 3 is 2.83 bits per heavy atom. The molecule has 0 radical (unpaired) electrons. The lowest BCUT2D eigenvalue weighted by molar-refractivity contribution is 0.361. The molecule has 0 bridgehead atoms. The first kappa shape index (κ1) is 15.4. The summed E-state index contributed by atoms with van der Waals surface area (Å²) >= 11 is 0. The van der Waals surface area contributed by atoms with Crippen molar-refractivity contribution in [1.29, 1.82) is 0 Å². The van der Waals surface area contributed by atoms with Gasteiger partial charge in [-0.3, -0.25) is 4.68 Å². The lowest BCUT2D eigenvalue weighted by Gasteiger charge is -2.28. The van der Waals surface area contributed by atoms with Crippen LogP contribution in [0.5, 0.6) is 0 Å². The molecule has 1 aliphatic heterocycles. The molecule has 2 rings (SSSR count). The van der Waals surface area contributed by atoms with Gasteiger partial charge in [0, 0.05) is 19.1 Å². The van der Waals surface area contributed by atoms with Crippen molar-refractivity contribution in [3.8, 4) is 0 Å². The van der Waals surface area contributed by atoms with Gasteiger partial charge in [0.05, 0.1) is 6.20 Å². The molecule has 1 saturated heterocycles. The summed E-state index contributed by atoms with van der Waals surface area (Å²) in [6.07, 6.45) is 3.12. The van der Waals surface area contributed by atoms with Crippen LogP contribution in [0.3, 0.4) is 0 Å². The maximum Gasteiger partial charge on any atom is 0.257 e. The molecule has 6 nitrogen and oxygen atoms in total. The second kappa shape index (κ2) is 6.01. The van der Waals surface area contributed by atoms with E-state index in [0.717, 1.165) is 19.4 Å². The molecular formula is C10H19ClN4O2S. The Morgan fingerprint density at radius 2 is 2.28 bits per heavy atom. The SMILES string of the molecule is CC1CC(NS(=O)(=O)c2ccnn2C)CCN1.Cl. The fourth-order valence-corrected chi connectivity index (χ4v) is 3.55. The molecule has 2 heterocycles. The lowest BCUT2D eigenvalue weighted by Crippen LogP contribution is -2.46. The Bertz CT molecular complexity index is 488. The summed E-state index contributed by atoms with van der Waals surface area (Å²) in [7, 11) is -1.82. The Kier molecular flexibility index (Phi) is 5.15. The van der Waals surface area contributed by atoms with E-state index in [2.05, 4.69) is 22.1 Å². The number of hydrogen-bond donors (Lipinski definition) is 2. The fraction of sp³-hybridized carbons (Fsp3) is 0.700. The largest absolute Gasteiger partial charge is 0.314 e. The number of aromatic nitrogens is 2. The van der Waals surface area contributed by atoms with Crippen LogP contribution in [0.1, 0.15) is 19.8 Å². The van der Waals surface area contributed by atoms with Gasteiger partial charge in [-0.15, -0.1) is 12.4 Å². The van der Waals surface area contributed by atoms with Crippen LogP contribution in [0, 0.1) is 0 Å². The number of rotatable bonds is 3. The molecule has 1 fully saturated rings. The normalized spacial score (nSPS) is 24.6. The Hall–Kier alpha value is -0.630. The van der Waals surface area contributed by atoms with E-state index >= 15 is 0 Å². The molecule has 0 spiro atoms. The van der Waals surface area contributed by atoms with E-state index in [1.807, 2.05) is 0 Å². The van der Waals surface area contributed by atoms with Crippen molar-refractivity contribution >= 4 is 22.4 Å². The average Bonchev–Trinajstić information content (AvgIpc) is 2.64. The highest BCUT2D eigenvalue weighted by Gasteiger charge is 2.25. The van der Waals surface area contributed by atoms with Crippen molar-refractivity contribution in [2.24, 2.45) is 7.05 Å². The molecule has 0 amide bonds. The van der Waals surface area contributed by atoms with Crippen LogP contribution in [0.25, 0.3) is 0 Å². The number of halogens is 1. The second-order valence-corrected chi connectivity index (χ2v) is 6.15. The number of piperidine rings is 1. The summed E-state index contributed by atoms with van der Waals surface area (Å²) in [6.45, 7) is 2.91. The minimum absolute atomic E-state index is 0. The van der Waals surface area contributed by atoms with Crippen molar-refractivity contribution in [1.82, 2.24) is 19.8 Å². The molecule has 1 aliphatic rings. The number of sulfonamides is 1. The van der Waals surface area contributed by atoms with E-state index in [1.165, 1.54) is 16.9 Å². The molecule has 2 N–H and O–H groups in total. The van der Waals surface area contributed by atoms with E-state index in [0.29, 0.717) is 6.04 Å². The molecule has 2 atom stereocenters. The quantitative estimate of drug-likeness (QED) is 0.838. The Balaban J connectivity index is 0.00000162. The molecule has 2 unspecified atom stereocenters. The number of hydrogen-bond acceptors (Lipinski definition) is 4. The zero-order valence-corrected chi connectivity index (χ0v) is 12.1. The van der Waals surface area contributed by atoms with Gasteiger partial charge in [-0.05, 0) is 32.4 Å². The van der Waals surface area contributed by atoms with E-state index in [4.69, 9.17) is 0 Å². The summed E-state index contributed by atoms with van der Waals surface area (Å²) in [4.78, 5) is 0. The van der Waals surface area contributed by atoms with Crippen LogP contribution in [0.15, 0.2) is 17.3 Å². The zero-order chi connectivity index (χ0) is 12.5. The fourth-order valence-electron chi connectivity index (χ4n) is 2.14. The highest BCUT2D eigenvalue weighted by Crippen LogP contribution is 2.13. The first-order valence-electron chi connectivity index (χ1n) is 5.73. The summed E-state index contributed by atoms with van der Waals surface area (Å²) in [5.74, 6) is 0. The van der Waals surface area contributed by atoms with E-state index in [1.54, 1.807) is 7.05 Å². The van der Waals surface area contributed by atoms with Crippen molar-refractivity contribution < 1.29 is 8.42 Å². The third-order valence-corrected chi connectivity index (χ3v) is 4.59. The molecule has 8 heteroatoms. The monoisotopic (exact) mass is 294 g/mol. The van der Waals surface area contributed by atoms with Gasteiger partial charge in [0.25, 0.3) is 10.0 Å². The van der Waals surface area contributed by atoms with Crippen LogP contribution in [-0.2, 0) is 17.1 Å². The molecular weight excluding hydrogens is 276 g/mol. The molecule has 104 valence electrons. The molecule has 1 aromatic heterocycles. The van der Waals surface area contributed by atoms with Crippen LogP contribution < -0.4 is 10.0 Å². The standard InChI is InChI=1S/C10H18N4O2S.ClH/c1-8-7-9(3-5-11-8)13-17(15,16)10-4-6-12-14(10)2;/h4,6,8-9,11,13H,3,5,7H2,1-2H3;1H. The summed E-state index contributed by atoms with van der Waals surface area (Å²) < 4.78 is 28.3. The summed E-state index contributed by atoms with van der Waals surface area (Å²) in [5, 5.41) is 7.38. The third kappa shape index (κ3) is 3.44. The van der Waals surface area contributed by atoms with E-state index in [-0.39, 0.29) is 23.5 Å². The van der Waals surface area contributed by atoms with E-state index in [9.17, 15) is 8.42 Å². The smallest absolute Gasteiger partial charge is 0.257 e. The van der Waals surface area contributed by atoms with Crippen LogP contribution in [-0.4, -0.2) is 36.8 Å². The van der Waals surface area contributed by atoms with Crippen molar-refractivity contribution in [2.75, 3.05) is 6.54 Å². The highest BCUT2D eigenvalue weighted by molar-refractivity contribution is 7.89. The van der Waals surface area contributed by atoms with E-state index < -0.39 is 10.0 Å². The average molecular weight is 295 g/mol. The predicted octanol–water partition coefficient (Wildman–Crippen LogP) is 0.261.